The average molecular weight is 250 g/mol. The van der Waals surface area contributed by atoms with Gasteiger partial charge in [-0.2, -0.15) is 0 Å². The lowest BCUT2D eigenvalue weighted by Gasteiger charge is -2.27. The van der Waals surface area contributed by atoms with Gasteiger partial charge in [0.15, 0.2) is 11.5 Å². The lowest BCUT2D eigenvalue weighted by molar-refractivity contribution is 0.174. The van der Waals surface area contributed by atoms with E-state index in [-0.39, 0.29) is 0 Å². The van der Waals surface area contributed by atoms with Crippen LogP contribution in [0.25, 0.3) is 0 Å². The first-order chi connectivity index (χ1) is 8.61. The first-order valence-electron chi connectivity index (χ1n) is 6.42. The van der Waals surface area contributed by atoms with Gasteiger partial charge in [-0.05, 0) is 30.5 Å². The van der Waals surface area contributed by atoms with Crippen molar-refractivity contribution in [3.05, 3.63) is 18.2 Å². The van der Waals surface area contributed by atoms with Crippen molar-refractivity contribution in [3.63, 3.8) is 0 Å². The molecule has 1 aromatic rings. The van der Waals surface area contributed by atoms with Gasteiger partial charge in [-0.3, -0.25) is 0 Å². The maximum Gasteiger partial charge on any atom is 0.231 e. The molecule has 0 radical (unpaired) electrons. The molecular formula is C14H22N2O2. The van der Waals surface area contributed by atoms with Crippen molar-refractivity contribution >= 4 is 5.69 Å². The van der Waals surface area contributed by atoms with Gasteiger partial charge in [0.1, 0.15) is 0 Å². The third kappa shape index (κ3) is 2.70. The number of ether oxygens (including phenoxy) is 2. The molecule has 0 spiro atoms. The Labute approximate surface area is 109 Å². The van der Waals surface area contributed by atoms with Crippen molar-refractivity contribution in [2.24, 2.45) is 17.6 Å². The molecule has 0 amide bonds. The lowest BCUT2D eigenvalue weighted by Crippen LogP contribution is -2.33. The van der Waals surface area contributed by atoms with Crippen LogP contribution in [0.15, 0.2) is 18.2 Å². The van der Waals surface area contributed by atoms with Gasteiger partial charge >= 0.3 is 0 Å². The summed E-state index contributed by atoms with van der Waals surface area (Å²) >= 11 is 0. The topological polar surface area (TPSA) is 47.7 Å². The summed E-state index contributed by atoms with van der Waals surface area (Å²) in [6.45, 7) is 6.41. The van der Waals surface area contributed by atoms with Crippen LogP contribution in [0.1, 0.15) is 13.8 Å². The molecule has 2 rings (SSSR count). The summed E-state index contributed by atoms with van der Waals surface area (Å²) in [4.78, 5) is 2.22. The maximum absolute atomic E-state index is 5.82. The number of rotatable bonds is 5. The second-order valence-electron chi connectivity index (χ2n) is 5.16. The summed E-state index contributed by atoms with van der Waals surface area (Å²) in [6.07, 6.45) is 0. The number of benzene rings is 1. The molecular weight excluding hydrogens is 228 g/mol. The van der Waals surface area contributed by atoms with E-state index in [2.05, 4.69) is 31.9 Å². The normalized spacial score (nSPS) is 14.9. The maximum atomic E-state index is 5.82. The molecule has 0 aromatic heterocycles. The number of hydrogen-bond acceptors (Lipinski definition) is 4. The summed E-state index contributed by atoms with van der Waals surface area (Å²) in [6, 6.07) is 6.04. The quantitative estimate of drug-likeness (QED) is 0.869. The average Bonchev–Trinajstić information content (AvgIpc) is 2.82. The second kappa shape index (κ2) is 5.48. The molecule has 0 bridgehead atoms. The third-order valence-electron chi connectivity index (χ3n) is 3.55. The SMILES string of the molecule is CC(C)C(CN)CN(C)c1ccc2c(c1)OCO2. The monoisotopic (exact) mass is 250 g/mol. The molecule has 4 nitrogen and oxygen atoms in total. The highest BCUT2D eigenvalue weighted by Gasteiger charge is 2.17. The van der Waals surface area contributed by atoms with Crippen LogP contribution in [-0.2, 0) is 0 Å². The first kappa shape index (κ1) is 13.0. The minimum absolute atomic E-state index is 0.319. The van der Waals surface area contributed by atoms with Crippen LogP contribution >= 0.6 is 0 Å². The minimum atomic E-state index is 0.319. The van der Waals surface area contributed by atoms with Crippen molar-refractivity contribution in [2.45, 2.75) is 13.8 Å². The Morgan fingerprint density at radius 1 is 1.28 bits per heavy atom. The molecule has 0 aliphatic carbocycles. The Bertz CT molecular complexity index is 407. The lowest BCUT2D eigenvalue weighted by atomic mass is 9.95. The predicted octanol–water partition coefficient (Wildman–Crippen LogP) is 2.08. The first-order valence-corrected chi connectivity index (χ1v) is 6.42. The highest BCUT2D eigenvalue weighted by molar-refractivity contribution is 5.56. The third-order valence-corrected chi connectivity index (χ3v) is 3.55. The van der Waals surface area contributed by atoms with Gasteiger partial charge < -0.3 is 20.1 Å². The van der Waals surface area contributed by atoms with E-state index in [1.54, 1.807) is 0 Å². The van der Waals surface area contributed by atoms with E-state index in [0.29, 0.717) is 25.2 Å². The van der Waals surface area contributed by atoms with E-state index in [9.17, 15) is 0 Å². The second-order valence-corrected chi connectivity index (χ2v) is 5.16. The smallest absolute Gasteiger partial charge is 0.231 e. The van der Waals surface area contributed by atoms with Crippen LogP contribution in [0.3, 0.4) is 0 Å². The number of fused-ring (bicyclic) bond motifs is 1. The summed E-state index contributed by atoms with van der Waals surface area (Å²) in [7, 11) is 2.09. The summed E-state index contributed by atoms with van der Waals surface area (Å²) < 4.78 is 10.7. The number of hydrogen-bond donors (Lipinski definition) is 1. The Morgan fingerprint density at radius 3 is 2.67 bits per heavy atom. The molecule has 100 valence electrons. The molecule has 1 aliphatic rings. The summed E-state index contributed by atoms with van der Waals surface area (Å²) in [5, 5.41) is 0. The van der Waals surface area contributed by atoms with E-state index in [4.69, 9.17) is 15.2 Å². The summed E-state index contributed by atoms with van der Waals surface area (Å²) in [5.74, 6) is 2.74. The molecule has 1 aromatic carbocycles. The van der Waals surface area contributed by atoms with Crippen LogP contribution < -0.4 is 20.1 Å². The Balaban J connectivity index is 2.06. The molecule has 18 heavy (non-hydrogen) atoms. The van der Waals surface area contributed by atoms with E-state index < -0.39 is 0 Å². The molecule has 1 atom stereocenters. The van der Waals surface area contributed by atoms with Crippen molar-refractivity contribution < 1.29 is 9.47 Å². The van der Waals surface area contributed by atoms with Crippen LogP contribution in [-0.4, -0.2) is 26.9 Å². The fraction of sp³-hybridized carbons (Fsp3) is 0.571. The predicted molar refractivity (Wildman–Crippen MR) is 73.2 cm³/mol. The van der Waals surface area contributed by atoms with Crippen molar-refractivity contribution in [2.75, 3.05) is 31.8 Å². The molecule has 1 unspecified atom stereocenters. The van der Waals surface area contributed by atoms with Gasteiger partial charge in [0, 0.05) is 25.3 Å². The molecule has 1 aliphatic heterocycles. The van der Waals surface area contributed by atoms with Gasteiger partial charge in [-0.25, -0.2) is 0 Å². The van der Waals surface area contributed by atoms with Crippen LogP contribution in [0.4, 0.5) is 5.69 Å². The van der Waals surface area contributed by atoms with Crippen LogP contribution in [0.2, 0.25) is 0 Å². The highest BCUT2D eigenvalue weighted by atomic mass is 16.7. The van der Waals surface area contributed by atoms with Crippen LogP contribution in [0, 0.1) is 11.8 Å². The van der Waals surface area contributed by atoms with Crippen molar-refractivity contribution in [1.29, 1.82) is 0 Å². The summed E-state index contributed by atoms with van der Waals surface area (Å²) in [5.41, 5.74) is 6.96. The largest absolute Gasteiger partial charge is 0.454 e. The van der Waals surface area contributed by atoms with E-state index in [0.717, 1.165) is 23.7 Å². The van der Waals surface area contributed by atoms with Gasteiger partial charge in [0.25, 0.3) is 0 Å². The fourth-order valence-electron chi connectivity index (χ4n) is 2.14. The number of anilines is 1. The standard InChI is InChI=1S/C14H22N2O2/c1-10(2)11(7-15)8-16(3)12-4-5-13-14(6-12)18-9-17-13/h4-6,10-11H,7-9,15H2,1-3H3. The zero-order valence-corrected chi connectivity index (χ0v) is 11.3. The zero-order valence-electron chi connectivity index (χ0n) is 11.3. The van der Waals surface area contributed by atoms with E-state index in [1.165, 1.54) is 0 Å². The molecule has 0 saturated heterocycles. The van der Waals surface area contributed by atoms with Crippen molar-refractivity contribution in [1.82, 2.24) is 0 Å². The molecule has 4 heteroatoms. The van der Waals surface area contributed by atoms with Gasteiger partial charge in [-0.1, -0.05) is 13.8 Å². The number of nitrogens with two attached hydrogens (primary N) is 1. The molecule has 1 heterocycles. The fourth-order valence-corrected chi connectivity index (χ4v) is 2.14. The Kier molecular flexibility index (Phi) is 3.97. The van der Waals surface area contributed by atoms with Crippen molar-refractivity contribution in [3.8, 4) is 11.5 Å². The highest BCUT2D eigenvalue weighted by Crippen LogP contribution is 2.35. The van der Waals surface area contributed by atoms with E-state index in [1.807, 2.05) is 12.1 Å². The van der Waals surface area contributed by atoms with Crippen LogP contribution in [0.5, 0.6) is 11.5 Å². The molecule has 2 N–H and O–H groups in total. The Hall–Kier alpha value is -1.42. The minimum Gasteiger partial charge on any atom is -0.454 e. The Morgan fingerprint density at radius 2 is 2.00 bits per heavy atom. The zero-order chi connectivity index (χ0) is 13.1. The molecule has 0 fully saturated rings. The number of nitrogens with zero attached hydrogens (tertiary/aromatic N) is 1. The van der Waals surface area contributed by atoms with E-state index >= 15 is 0 Å². The van der Waals surface area contributed by atoms with Gasteiger partial charge in [0.2, 0.25) is 6.79 Å². The van der Waals surface area contributed by atoms with Gasteiger partial charge in [0.05, 0.1) is 0 Å². The van der Waals surface area contributed by atoms with Gasteiger partial charge in [-0.15, -0.1) is 0 Å². The molecule has 0 saturated carbocycles.